The maximum absolute atomic E-state index is 13.0. The van der Waals surface area contributed by atoms with Crippen molar-refractivity contribution in [3.05, 3.63) is 57.7 Å². The van der Waals surface area contributed by atoms with Crippen molar-refractivity contribution in [1.82, 2.24) is 0 Å². The maximum Gasteiger partial charge on any atom is 0.196 e. The molecule has 1 aromatic heterocycles. The van der Waals surface area contributed by atoms with E-state index in [0.29, 0.717) is 11.8 Å². The lowest BCUT2D eigenvalue weighted by Gasteiger charge is -2.18. The lowest BCUT2D eigenvalue weighted by Crippen LogP contribution is -2.08. The Morgan fingerprint density at radius 3 is 2.18 bits per heavy atom. The molecule has 0 aliphatic carbocycles. The molecular weight excluding hydrogens is 307 g/mol. The fourth-order valence-corrected chi connectivity index (χ4v) is 4.15. The van der Waals surface area contributed by atoms with Crippen molar-refractivity contribution in [3.63, 3.8) is 0 Å². The molecule has 2 aromatic carbocycles. The van der Waals surface area contributed by atoms with Gasteiger partial charge in [-0.05, 0) is 41.2 Å². The van der Waals surface area contributed by atoms with Gasteiger partial charge in [0.25, 0.3) is 0 Å². The first kappa shape index (κ1) is 17.1. The summed E-state index contributed by atoms with van der Waals surface area (Å²) in [4.78, 5) is 13.0. The molecule has 3 rings (SSSR count). The molecule has 22 heavy (non-hydrogen) atoms. The summed E-state index contributed by atoms with van der Waals surface area (Å²) in [6.45, 7) is 8.75. The van der Waals surface area contributed by atoms with Crippen LogP contribution in [0.3, 0.4) is 0 Å². The number of hydrogen-bond donors (Lipinski definition) is 0. The molecule has 0 spiro atoms. The van der Waals surface area contributed by atoms with Crippen molar-refractivity contribution in [2.45, 2.75) is 39.5 Å². The highest BCUT2D eigenvalue weighted by atomic mass is 32.1. The quantitative estimate of drug-likeness (QED) is 0.434. The summed E-state index contributed by atoms with van der Waals surface area (Å²) in [5.41, 5.74) is 2.72. The SMILES string of the molecule is CC(C)c1ccc2sc3ccccc3c(=O)c2c1C(C)C.P. The van der Waals surface area contributed by atoms with E-state index < -0.39 is 0 Å². The Balaban J connectivity index is 0.00000176. The number of rotatable bonds is 2. The second kappa shape index (κ2) is 6.48. The van der Waals surface area contributed by atoms with Gasteiger partial charge in [0, 0.05) is 20.2 Å². The van der Waals surface area contributed by atoms with Gasteiger partial charge in [0.05, 0.1) is 0 Å². The standard InChI is InChI=1S/C19H20OS.H3P/c1-11(2)13-9-10-16-18(17(13)12(3)4)19(20)14-7-5-6-8-15(14)21-16;/h5-12H,1-4H3;1H3. The highest BCUT2D eigenvalue weighted by Crippen LogP contribution is 2.34. The Kier molecular flexibility index (Phi) is 5.04. The van der Waals surface area contributed by atoms with Gasteiger partial charge in [-0.15, -0.1) is 11.3 Å². The minimum Gasteiger partial charge on any atom is -0.288 e. The maximum atomic E-state index is 13.0. The molecular formula is C19H23OPS. The molecule has 3 heteroatoms. The molecule has 1 unspecified atom stereocenters. The van der Waals surface area contributed by atoms with Crippen molar-refractivity contribution < 1.29 is 0 Å². The van der Waals surface area contributed by atoms with Gasteiger partial charge >= 0.3 is 0 Å². The molecule has 116 valence electrons. The third-order valence-electron chi connectivity index (χ3n) is 4.02. The molecule has 0 aliphatic heterocycles. The van der Waals surface area contributed by atoms with Crippen LogP contribution in [0.15, 0.2) is 41.2 Å². The largest absolute Gasteiger partial charge is 0.288 e. The van der Waals surface area contributed by atoms with Gasteiger partial charge in [-0.2, -0.15) is 9.90 Å². The highest BCUT2D eigenvalue weighted by Gasteiger charge is 2.17. The summed E-state index contributed by atoms with van der Waals surface area (Å²) < 4.78 is 2.17. The normalized spacial score (nSPS) is 11.4. The van der Waals surface area contributed by atoms with Crippen LogP contribution >= 0.6 is 21.2 Å². The van der Waals surface area contributed by atoms with E-state index >= 15 is 0 Å². The van der Waals surface area contributed by atoms with Gasteiger partial charge in [0.2, 0.25) is 0 Å². The summed E-state index contributed by atoms with van der Waals surface area (Å²) in [5, 5.41) is 1.78. The third kappa shape index (κ3) is 2.71. The predicted molar refractivity (Wildman–Crippen MR) is 105 cm³/mol. The van der Waals surface area contributed by atoms with E-state index in [0.717, 1.165) is 20.2 Å². The highest BCUT2D eigenvalue weighted by molar-refractivity contribution is 7.24. The third-order valence-corrected chi connectivity index (χ3v) is 5.16. The van der Waals surface area contributed by atoms with E-state index in [1.54, 1.807) is 11.3 Å². The first-order valence-corrected chi connectivity index (χ1v) is 8.30. The van der Waals surface area contributed by atoms with Gasteiger partial charge in [0.1, 0.15) is 0 Å². The van der Waals surface area contributed by atoms with Crippen molar-refractivity contribution in [1.29, 1.82) is 0 Å². The van der Waals surface area contributed by atoms with Crippen LogP contribution in [-0.2, 0) is 0 Å². The molecule has 1 heterocycles. The smallest absolute Gasteiger partial charge is 0.196 e. The van der Waals surface area contributed by atoms with Crippen LogP contribution in [-0.4, -0.2) is 0 Å². The summed E-state index contributed by atoms with van der Waals surface area (Å²) in [6, 6.07) is 12.2. The predicted octanol–water partition coefficient (Wildman–Crippen LogP) is 5.72. The van der Waals surface area contributed by atoms with Crippen molar-refractivity contribution in [3.8, 4) is 0 Å². The fourth-order valence-electron chi connectivity index (χ4n) is 3.06. The molecule has 0 bridgehead atoms. The minimum absolute atomic E-state index is 0. The molecule has 0 saturated heterocycles. The topological polar surface area (TPSA) is 17.1 Å². The van der Waals surface area contributed by atoms with Crippen LogP contribution in [0, 0.1) is 0 Å². The van der Waals surface area contributed by atoms with E-state index in [-0.39, 0.29) is 15.3 Å². The molecule has 1 atom stereocenters. The lowest BCUT2D eigenvalue weighted by atomic mass is 9.88. The molecule has 0 fully saturated rings. The van der Waals surface area contributed by atoms with Crippen LogP contribution in [0.4, 0.5) is 0 Å². The van der Waals surface area contributed by atoms with Crippen molar-refractivity contribution in [2.24, 2.45) is 0 Å². The summed E-state index contributed by atoms with van der Waals surface area (Å²) in [7, 11) is 0. The Morgan fingerprint density at radius 2 is 1.55 bits per heavy atom. The zero-order chi connectivity index (χ0) is 15.1. The zero-order valence-corrected chi connectivity index (χ0v) is 15.9. The molecule has 0 N–H and O–H groups in total. The Bertz CT molecular complexity index is 878. The van der Waals surface area contributed by atoms with Crippen LogP contribution in [0.25, 0.3) is 20.2 Å². The molecule has 3 aromatic rings. The second-order valence-corrected chi connectivity index (χ2v) is 7.26. The molecule has 1 nitrogen and oxygen atoms in total. The summed E-state index contributed by atoms with van der Waals surface area (Å²) in [5.74, 6) is 0.787. The van der Waals surface area contributed by atoms with E-state index in [1.165, 1.54) is 11.1 Å². The van der Waals surface area contributed by atoms with E-state index in [2.05, 4.69) is 39.8 Å². The monoisotopic (exact) mass is 330 g/mol. The van der Waals surface area contributed by atoms with Crippen LogP contribution in [0.5, 0.6) is 0 Å². The van der Waals surface area contributed by atoms with Gasteiger partial charge in [-0.1, -0.05) is 45.9 Å². The lowest BCUT2D eigenvalue weighted by molar-refractivity contribution is 0.798. The van der Waals surface area contributed by atoms with Gasteiger partial charge in [-0.25, -0.2) is 0 Å². The summed E-state index contributed by atoms with van der Waals surface area (Å²) >= 11 is 1.72. The Hall–Kier alpha value is -1.24. The first-order chi connectivity index (χ1) is 10.0. The Morgan fingerprint density at radius 1 is 0.864 bits per heavy atom. The van der Waals surface area contributed by atoms with Gasteiger partial charge in [0.15, 0.2) is 5.43 Å². The number of fused-ring (bicyclic) bond motifs is 2. The zero-order valence-electron chi connectivity index (χ0n) is 13.6. The van der Waals surface area contributed by atoms with E-state index in [4.69, 9.17) is 0 Å². The molecule has 0 amide bonds. The van der Waals surface area contributed by atoms with Crippen LogP contribution < -0.4 is 5.43 Å². The van der Waals surface area contributed by atoms with Gasteiger partial charge < -0.3 is 0 Å². The minimum atomic E-state index is 0. The first-order valence-electron chi connectivity index (χ1n) is 7.49. The number of hydrogen-bond acceptors (Lipinski definition) is 2. The average Bonchev–Trinajstić information content (AvgIpc) is 2.46. The van der Waals surface area contributed by atoms with E-state index in [1.807, 2.05) is 24.3 Å². The summed E-state index contributed by atoms with van der Waals surface area (Å²) in [6.07, 6.45) is 0. The van der Waals surface area contributed by atoms with Crippen molar-refractivity contribution in [2.75, 3.05) is 0 Å². The second-order valence-electron chi connectivity index (χ2n) is 6.18. The fraction of sp³-hybridized carbons (Fsp3) is 0.316. The van der Waals surface area contributed by atoms with E-state index in [9.17, 15) is 4.79 Å². The van der Waals surface area contributed by atoms with Crippen LogP contribution in [0.1, 0.15) is 50.7 Å². The molecule has 0 saturated carbocycles. The molecule has 0 aliphatic rings. The van der Waals surface area contributed by atoms with Crippen LogP contribution in [0.2, 0.25) is 0 Å². The number of benzene rings is 2. The average molecular weight is 330 g/mol. The van der Waals surface area contributed by atoms with Gasteiger partial charge in [-0.3, -0.25) is 4.79 Å². The van der Waals surface area contributed by atoms with Crippen molar-refractivity contribution >= 4 is 41.4 Å². The Labute approximate surface area is 139 Å². The molecule has 0 radical (unpaired) electrons.